The van der Waals surface area contributed by atoms with E-state index in [4.69, 9.17) is 11.6 Å². The molecule has 10 heteroatoms. The monoisotopic (exact) mass is 278 g/mol. The van der Waals surface area contributed by atoms with Crippen LogP contribution < -0.4 is 21.9 Å². The maximum atomic E-state index is 12.6. The van der Waals surface area contributed by atoms with Crippen molar-refractivity contribution < 1.29 is 18.0 Å². The molecule has 1 amide bonds. The van der Waals surface area contributed by atoms with E-state index in [1.165, 1.54) is 11.0 Å². The topological polar surface area (TPSA) is 110 Å². The fourth-order valence-corrected chi connectivity index (χ4v) is 1.34. The molecule has 7 nitrogen and oxygen atoms in total. The third kappa shape index (κ3) is 3.95. The van der Waals surface area contributed by atoms with Gasteiger partial charge in [-0.2, -0.15) is 13.2 Å². The van der Waals surface area contributed by atoms with E-state index in [0.717, 1.165) is 0 Å². The summed E-state index contributed by atoms with van der Waals surface area (Å²) < 4.78 is 37.8. The van der Waals surface area contributed by atoms with Crippen molar-refractivity contribution in [3.05, 3.63) is 11.9 Å². The lowest BCUT2D eigenvalue weighted by molar-refractivity contribution is -0.144. The van der Waals surface area contributed by atoms with E-state index in [-0.39, 0.29) is 24.7 Å². The zero-order valence-electron chi connectivity index (χ0n) is 10.0. The van der Waals surface area contributed by atoms with Crippen molar-refractivity contribution in [3.8, 4) is 0 Å². The molecular weight excluding hydrogens is 265 g/mol. The van der Waals surface area contributed by atoms with Crippen LogP contribution in [0.4, 0.5) is 24.8 Å². The van der Waals surface area contributed by atoms with Crippen molar-refractivity contribution in [2.75, 3.05) is 23.4 Å². The van der Waals surface area contributed by atoms with Crippen LogP contribution >= 0.6 is 0 Å². The van der Waals surface area contributed by atoms with E-state index in [9.17, 15) is 18.0 Å². The summed E-state index contributed by atoms with van der Waals surface area (Å²) in [5.41, 5.74) is 7.03. The number of anilines is 2. The van der Waals surface area contributed by atoms with Crippen molar-refractivity contribution in [2.24, 2.45) is 11.6 Å². The summed E-state index contributed by atoms with van der Waals surface area (Å²) in [7, 11) is 0. The normalized spacial score (nSPS) is 11.2. The molecule has 0 radical (unpaired) electrons. The van der Waals surface area contributed by atoms with Crippen LogP contribution in [0, 0.1) is 0 Å². The van der Waals surface area contributed by atoms with Crippen LogP contribution in [0.15, 0.2) is 6.07 Å². The quantitative estimate of drug-likeness (QED) is 0.520. The number of nitrogen functional groups attached to an aromatic ring is 1. The molecule has 0 saturated heterocycles. The fourth-order valence-electron chi connectivity index (χ4n) is 1.34. The Labute approximate surface area is 106 Å². The lowest BCUT2D eigenvalue weighted by Crippen LogP contribution is -2.34. The number of carbonyl (C=O) groups is 1. The van der Waals surface area contributed by atoms with Crippen LogP contribution in [0.5, 0.6) is 0 Å². The van der Waals surface area contributed by atoms with Crippen molar-refractivity contribution in [1.82, 2.24) is 9.97 Å². The molecule has 106 valence electrons. The first-order valence-electron chi connectivity index (χ1n) is 5.24. The zero-order chi connectivity index (χ0) is 14.6. The van der Waals surface area contributed by atoms with Gasteiger partial charge in [0, 0.05) is 12.6 Å². The van der Waals surface area contributed by atoms with E-state index in [1.54, 1.807) is 6.92 Å². The molecule has 19 heavy (non-hydrogen) atoms. The maximum Gasteiger partial charge on any atom is 0.451 e. The van der Waals surface area contributed by atoms with Gasteiger partial charge in [-0.3, -0.25) is 4.79 Å². The average Bonchev–Trinajstić information content (AvgIpc) is 2.34. The Morgan fingerprint density at radius 2 is 2.11 bits per heavy atom. The van der Waals surface area contributed by atoms with E-state index < -0.39 is 17.9 Å². The number of likely N-dealkylation sites (N-methyl/N-ethyl adjacent to an activating group) is 1. The van der Waals surface area contributed by atoms with Crippen LogP contribution in [0.1, 0.15) is 12.7 Å². The Balaban J connectivity index is 3.22. The molecule has 0 bridgehead atoms. The van der Waals surface area contributed by atoms with E-state index in [0.29, 0.717) is 0 Å². The number of primary amides is 1. The van der Waals surface area contributed by atoms with Gasteiger partial charge in [0.1, 0.15) is 11.6 Å². The number of nitrogens with one attached hydrogen (secondary N) is 1. The summed E-state index contributed by atoms with van der Waals surface area (Å²) in [5, 5.41) is 0. The molecule has 0 saturated carbocycles. The third-order valence-corrected chi connectivity index (χ3v) is 2.17. The Hall–Kier alpha value is -2.10. The summed E-state index contributed by atoms with van der Waals surface area (Å²) >= 11 is 0. The molecule has 1 aromatic rings. The number of halogens is 3. The molecular formula is C9H13F3N6O. The number of nitrogens with zero attached hydrogens (tertiary/aromatic N) is 3. The van der Waals surface area contributed by atoms with Gasteiger partial charge in [0.2, 0.25) is 11.7 Å². The van der Waals surface area contributed by atoms with Gasteiger partial charge in [0.25, 0.3) is 0 Å². The fraction of sp³-hybridized carbons (Fsp3) is 0.444. The molecule has 1 rings (SSSR count). The molecule has 0 unspecified atom stereocenters. The van der Waals surface area contributed by atoms with Crippen molar-refractivity contribution in [3.63, 3.8) is 0 Å². The highest BCUT2D eigenvalue weighted by molar-refractivity contribution is 5.79. The van der Waals surface area contributed by atoms with Crippen molar-refractivity contribution in [2.45, 2.75) is 13.1 Å². The number of nitrogens with two attached hydrogens (primary N) is 2. The smallest absolute Gasteiger partial charge is 0.368 e. The van der Waals surface area contributed by atoms with Crippen molar-refractivity contribution in [1.29, 1.82) is 0 Å². The molecule has 0 aliphatic heterocycles. The molecule has 0 fully saturated rings. The van der Waals surface area contributed by atoms with Gasteiger partial charge >= 0.3 is 6.18 Å². The minimum atomic E-state index is -4.71. The molecule has 0 atom stereocenters. The Kier molecular flexibility index (Phi) is 4.48. The van der Waals surface area contributed by atoms with E-state index >= 15 is 0 Å². The molecule has 1 aromatic heterocycles. The first-order chi connectivity index (χ1) is 8.77. The van der Waals surface area contributed by atoms with Crippen LogP contribution in [0.25, 0.3) is 0 Å². The van der Waals surface area contributed by atoms with Gasteiger partial charge in [0.05, 0.1) is 6.54 Å². The second-order valence-electron chi connectivity index (χ2n) is 3.56. The van der Waals surface area contributed by atoms with Gasteiger partial charge in [-0.25, -0.2) is 15.8 Å². The Morgan fingerprint density at radius 3 is 2.53 bits per heavy atom. The summed E-state index contributed by atoms with van der Waals surface area (Å²) in [5.74, 6) is 2.73. The van der Waals surface area contributed by atoms with Gasteiger partial charge in [0.15, 0.2) is 0 Å². The number of hydrogen-bond acceptors (Lipinski definition) is 6. The largest absolute Gasteiger partial charge is 0.451 e. The second-order valence-corrected chi connectivity index (χ2v) is 3.56. The van der Waals surface area contributed by atoms with Gasteiger partial charge in [-0.05, 0) is 6.92 Å². The minimum absolute atomic E-state index is 0.0865. The molecule has 0 aromatic carbocycles. The summed E-state index contributed by atoms with van der Waals surface area (Å²) in [6.07, 6.45) is -4.71. The average molecular weight is 278 g/mol. The highest BCUT2D eigenvalue weighted by Gasteiger charge is 2.35. The zero-order valence-corrected chi connectivity index (χ0v) is 10.0. The predicted molar refractivity (Wildman–Crippen MR) is 61.9 cm³/mol. The minimum Gasteiger partial charge on any atom is -0.368 e. The Morgan fingerprint density at radius 1 is 1.47 bits per heavy atom. The van der Waals surface area contributed by atoms with E-state index in [1.807, 2.05) is 5.43 Å². The molecule has 5 N–H and O–H groups in total. The summed E-state index contributed by atoms with van der Waals surface area (Å²) in [4.78, 5) is 18.7. The van der Waals surface area contributed by atoms with Crippen LogP contribution in [-0.4, -0.2) is 29.0 Å². The number of alkyl halides is 3. The summed E-state index contributed by atoms with van der Waals surface area (Å²) in [6.45, 7) is 1.64. The lowest BCUT2D eigenvalue weighted by Gasteiger charge is -2.21. The van der Waals surface area contributed by atoms with E-state index in [2.05, 4.69) is 9.97 Å². The SMILES string of the molecule is CCN(CC(N)=O)c1cc(NN)nc(C(F)(F)F)n1. The first kappa shape index (κ1) is 15.0. The third-order valence-electron chi connectivity index (χ3n) is 2.17. The van der Waals surface area contributed by atoms with Gasteiger partial charge in [-0.1, -0.05) is 0 Å². The number of amides is 1. The van der Waals surface area contributed by atoms with Crippen LogP contribution in [0.2, 0.25) is 0 Å². The molecule has 1 heterocycles. The van der Waals surface area contributed by atoms with Crippen LogP contribution in [-0.2, 0) is 11.0 Å². The number of carbonyl (C=O) groups excluding carboxylic acids is 1. The van der Waals surface area contributed by atoms with Crippen molar-refractivity contribution >= 4 is 17.5 Å². The maximum absolute atomic E-state index is 12.6. The lowest BCUT2D eigenvalue weighted by atomic mass is 10.4. The number of hydrogen-bond donors (Lipinski definition) is 3. The number of aromatic nitrogens is 2. The summed E-state index contributed by atoms with van der Waals surface area (Å²) in [6, 6.07) is 1.20. The Bertz CT molecular complexity index is 464. The van der Waals surface area contributed by atoms with Gasteiger partial charge in [-0.15, -0.1) is 0 Å². The molecule has 0 spiro atoms. The van der Waals surface area contributed by atoms with Crippen LogP contribution in [0.3, 0.4) is 0 Å². The van der Waals surface area contributed by atoms with Gasteiger partial charge < -0.3 is 16.1 Å². The highest BCUT2D eigenvalue weighted by Crippen LogP contribution is 2.28. The number of rotatable bonds is 5. The molecule has 0 aliphatic rings. The number of hydrazine groups is 1. The predicted octanol–water partition coefficient (Wildman–Crippen LogP) is 0.0926. The first-order valence-corrected chi connectivity index (χ1v) is 5.24. The molecule has 0 aliphatic carbocycles. The second kappa shape index (κ2) is 5.69. The highest BCUT2D eigenvalue weighted by atomic mass is 19.4. The standard InChI is InChI=1S/C9H13F3N6O/c1-2-18(4-5(13)19)7-3-6(17-14)15-8(16-7)9(10,11)12/h3H,2,4,14H2,1H3,(H2,13,19)(H,15,16,17).